The molecule has 0 aromatic rings. The molecule has 4 heteroatoms. The predicted molar refractivity (Wildman–Crippen MR) is 118 cm³/mol. The van der Waals surface area contributed by atoms with Gasteiger partial charge >= 0.3 is 20.4 Å². The zero-order chi connectivity index (χ0) is 20.1. The first-order valence-electron chi connectivity index (χ1n) is 11.3. The number of carboxylic acid groups (broad SMARTS) is 1. The van der Waals surface area contributed by atoms with Crippen molar-refractivity contribution in [3.63, 3.8) is 0 Å². The molecule has 0 amide bonds. The average molecular weight is 501 g/mol. The van der Waals surface area contributed by atoms with Crippen LogP contribution in [-0.2, 0) is 25.2 Å². The largest absolute Gasteiger partial charge is 2.00 e. The Morgan fingerprint density at radius 2 is 0.929 bits per heavy atom. The van der Waals surface area contributed by atoms with Crippen molar-refractivity contribution in [1.82, 2.24) is 0 Å². The monoisotopic (exact) mass is 500 g/mol. The summed E-state index contributed by atoms with van der Waals surface area (Å²) < 4.78 is 0. The van der Waals surface area contributed by atoms with Gasteiger partial charge in [-0.25, -0.2) is 19.1 Å². The van der Waals surface area contributed by atoms with E-state index in [0.717, 1.165) is 12.5 Å². The summed E-state index contributed by atoms with van der Waals surface area (Å²) in [7, 11) is 0.385. The molecular weight excluding hydrogens is 458 g/mol. The second kappa shape index (κ2) is 16.9. The Kier molecular flexibility index (Phi) is 17.0. The number of aliphatic carboxylic acids is 1. The molecule has 0 aromatic carbocycles. The average Bonchev–Trinajstić information content (AvgIpc) is 2.64. The minimum atomic E-state index is -1.08. The van der Waals surface area contributed by atoms with E-state index in [1.165, 1.54) is 36.2 Å². The van der Waals surface area contributed by atoms with Crippen molar-refractivity contribution in [1.29, 1.82) is 0 Å². The molecule has 0 aliphatic heterocycles. The quantitative estimate of drug-likeness (QED) is 0.248. The number of carbonyl (C=O) groups is 1. The normalized spacial score (nSPS) is 21.4. The van der Waals surface area contributed by atoms with E-state index < -0.39 is 5.97 Å². The van der Waals surface area contributed by atoms with Crippen LogP contribution in [0.4, 0.5) is 0 Å². The second-order valence-corrected chi connectivity index (χ2v) is 11.9. The third kappa shape index (κ3) is 12.7. The van der Waals surface area contributed by atoms with E-state index in [-0.39, 0.29) is 20.4 Å². The third-order valence-electron chi connectivity index (χ3n) is 5.99. The summed E-state index contributed by atoms with van der Waals surface area (Å²) in [5.41, 5.74) is 4.49. The smallest absolute Gasteiger partial charge is 0.550 e. The van der Waals surface area contributed by atoms with Crippen LogP contribution in [0.1, 0.15) is 110 Å². The SMILES string of the molecule is C1CCC(P(C2CCCCC2)C2CCCCC2)CC1.C=C([CH2-])C.CC(=O)[O-].[Pd+2]. The zero-order valence-corrected chi connectivity index (χ0v) is 20.8. The summed E-state index contributed by atoms with van der Waals surface area (Å²) in [5, 5.41) is 8.89. The molecule has 3 fully saturated rings. The molecule has 0 bridgehead atoms. The van der Waals surface area contributed by atoms with Gasteiger partial charge in [0, 0.05) is 5.97 Å². The molecule has 2 nitrogen and oxygen atoms in total. The minimum absolute atomic E-state index is 0. The summed E-state index contributed by atoms with van der Waals surface area (Å²) in [5.74, 6) is -1.08. The molecule has 0 aromatic heterocycles. The first-order valence-corrected chi connectivity index (χ1v) is 12.9. The van der Waals surface area contributed by atoms with Crippen molar-refractivity contribution in [2.75, 3.05) is 0 Å². The number of carboxylic acids is 1. The fraction of sp³-hybridized carbons (Fsp3) is 0.833. The van der Waals surface area contributed by atoms with E-state index >= 15 is 0 Å². The van der Waals surface area contributed by atoms with E-state index in [0.29, 0.717) is 7.92 Å². The molecule has 3 aliphatic rings. The number of carbonyl (C=O) groups excluding carboxylic acids is 1. The Hall–Kier alpha value is 0.172. The van der Waals surface area contributed by atoms with Crippen LogP contribution in [-0.4, -0.2) is 22.9 Å². The van der Waals surface area contributed by atoms with Gasteiger partial charge in [0.15, 0.2) is 0 Å². The van der Waals surface area contributed by atoms with Crippen LogP contribution in [0.25, 0.3) is 0 Å². The molecule has 3 aliphatic carbocycles. The molecule has 3 saturated carbocycles. The van der Waals surface area contributed by atoms with Crippen LogP contribution in [0.15, 0.2) is 12.2 Å². The van der Waals surface area contributed by atoms with Crippen LogP contribution in [0, 0.1) is 6.92 Å². The topological polar surface area (TPSA) is 40.1 Å². The third-order valence-corrected chi connectivity index (χ3v) is 10.1. The van der Waals surface area contributed by atoms with Gasteiger partial charge in [-0.1, -0.05) is 72.6 Å². The van der Waals surface area contributed by atoms with Crippen LogP contribution in [0.5, 0.6) is 0 Å². The summed E-state index contributed by atoms with van der Waals surface area (Å²) in [6.45, 7) is 9.72. The number of hydrogen-bond acceptors (Lipinski definition) is 2. The summed E-state index contributed by atoms with van der Waals surface area (Å²) >= 11 is 0. The minimum Gasteiger partial charge on any atom is -0.550 e. The van der Waals surface area contributed by atoms with Crippen molar-refractivity contribution in [3.8, 4) is 0 Å². The Morgan fingerprint density at radius 3 is 1.11 bits per heavy atom. The van der Waals surface area contributed by atoms with Crippen molar-refractivity contribution >= 4 is 13.9 Å². The molecule has 28 heavy (non-hydrogen) atoms. The summed E-state index contributed by atoms with van der Waals surface area (Å²) in [4.78, 5) is 8.89. The van der Waals surface area contributed by atoms with E-state index in [2.05, 4.69) is 13.5 Å². The Balaban J connectivity index is 0.000000697. The van der Waals surface area contributed by atoms with Gasteiger partial charge in [-0.15, -0.1) is 0 Å². The Morgan fingerprint density at radius 1 is 0.750 bits per heavy atom. The zero-order valence-electron chi connectivity index (χ0n) is 18.3. The molecule has 0 N–H and O–H groups in total. The Bertz CT molecular complexity index is 346. The van der Waals surface area contributed by atoms with Gasteiger partial charge in [-0.05, 0) is 62.4 Å². The molecule has 166 valence electrons. The maximum atomic E-state index is 8.89. The van der Waals surface area contributed by atoms with Crippen molar-refractivity contribution < 1.29 is 30.3 Å². The molecule has 0 radical (unpaired) electrons. The number of rotatable bonds is 3. The standard InChI is InChI=1S/C18H33P.C4H7.C2H4O2.Pd/c1-4-10-16(11-5-1)19(17-12-6-2-7-13-17)18-14-8-3-9-15-18;1-4(2)3;1-2(3)4;/h16-18H,1-15H2;1-2H2,3H3;1H3,(H,3,4);/q;-1;;+2/p-1. The predicted octanol–water partition coefficient (Wildman–Crippen LogP) is 6.62. The van der Waals surface area contributed by atoms with Gasteiger partial charge in [0.05, 0.1) is 0 Å². The molecule has 0 atom stereocenters. The van der Waals surface area contributed by atoms with Crippen molar-refractivity contribution in [3.05, 3.63) is 19.1 Å². The van der Waals surface area contributed by atoms with E-state index in [9.17, 15) is 0 Å². The number of hydrogen-bond donors (Lipinski definition) is 0. The van der Waals surface area contributed by atoms with Gasteiger partial charge in [0.25, 0.3) is 0 Å². The molecular formula is C24H43O2PPd. The van der Waals surface area contributed by atoms with Crippen molar-refractivity contribution in [2.24, 2.45) is 0 Å². The Labute approximate surface area is 190 Å². The number of allylic oxidation sites excluding steroid dienone is 1. The van der Waals surface area contributed by atoms with Gasteiger partial charge < -0.3 is 9.90 Å². The molecule has 0 heterocycles. The molecule has 3 rings (SSSR count). The maximum absolute atomic E-state index is 8.89. The van der Waals surface area contributed by atoms with Gasteiger partial charge in [0.1, 0.15) is 0 Å². The first-order chi connectivity index (χ1) is 12.9. The van der Waals surface area contributed by atoms with Crippen molar-refractivity contribution in [2.45, 2.75) is 127 Å². The molecule has 0 unspecified atom stereocenters. The van der Waals surface area contributed by atoms with Gasteiger partial charge in [-0.3, -0.25) is 0 Å². The van der Waals surface area contributed by atoms with Crippen LogP contribution in [0.3, 0.4) is 0 Å². The van der Waals surface area contributed by atoms with Crippen LogP contribution in [0.2, 0.25) is 0 Å². The van der Waals surface area contributed by atoms with E-state index in [4.69, 9.17) is 9.90 Å². The van der Waals surface area contributed by atoms with Crippen LogP contribution < -0.4 is 5.11 Å². The van der Waals surface area contributed by atoms with E-state index in [1.807, 2.05) is 6.92 Å². The van der Waals surface area contributed by atoms with E-state index in [1.54, 1.807) is 77.0 Å². The first kappa shape index (κ1) is 28.2. The molecule has 0 saturated heterocycles. The molecule has 0 spiro atoms. The maximum Gasteiger partial charge on any atom is 2.00 e. The van der Waals surface area contributed by atoms with Gasteiger partial charge in [-0.2, -0.15) is 0 Å². The summed E-state index contributed by atoms with van der Waals surface area (Å²) in [6, 6.07) is 0. The van der Waals surface area contributed by atoms with Gasteiger partial charge in [0.2, 0.25) is 0 Å². The fourth-order valence-corrected chi connectivity index (χ4v) is 9.71. The fourth-order valence-electron chi connectivity index (χ4n) is 5.03. The second-order valence-electron chi connectivity index (χ2n) is 8.77. The van der Waals surface area contributed by atoms with Crippen LogP contribution >= 0.6 is 7.92 Å². The summed E-state index contributed by atoms with van der Waals surface area (Å²) in [6.07, 6.45) is 23.6.